The molecule has 2 aliphatic carbocycles. The van der Waals surface area contributed by atoms with Crippen LogP contribution in [0.5, 0.6) is 11.8 Å². The molecule has 2 aromatic heterocycles. The van der Waals surface area contributed by atoms with Crippen LogP contribution in [-0.4, -0.2) is 45.6 Å². The van der Waals surface area contributed by atoms with E-state index in [2.05, 4.69) is 16.5 Å². The van der Waals surface area contributed by atoms with E-state index in [1.54, 1.807) is 32.0 Å². The van der Waals surface area contributed by atoms with Crippen LogP contribution < -0.4 is 9.47 Å². The maximum Gasteiger partial charge on any atom is 0.213 e. The van der Waals surface area contributed by atoms with Gasteiger partial charge in [0.1, 0.15) is 19.0 Å². The van der Waals surface area contributed by atoms with Crippen molar-refractivity contribution in [3.8, 4) is 22.9 Å². The van der Waals surface area contributed by atoms with Gasteiger partial charge in [0.2, 0.25) is 11.8 Å². The lowest BCUT2D eigenvalue weighted by Crippen LogP contribution is -2.27. The fraction of sp³-hybridized carbons (Fsp3) is 0.400. The van der Waals surface area contributed by atoms with Crippen LogP contribution in [0.25, 0.3) is 11.1 Å². The molecule has 3 atom stereocenters. The number of aliphatic hydroxyl groups excluding tert-OH is 1. The monoisotopic (exact) mass is 520 g/mol. The summed E-state index contributed by atoms with van der Waals surface area (Å²) in [5.74, 6) is 1.68. The predicted octanol–water partition coefficient (Wildman–Crippen LogP) is 5.29. The minimum absolute atomic E-state index is 0.0483. The molecule has 7 nitrogen and oxygen atoms in total. The first kappa shape index (κ1) is 26.1. The molecule has 1 saturated carbocycles. The average molecular weight is 521 g/mol. The molecule has 38 heavy (non-hydrogen) atoms. The molecule has 0 saturated heterocycles. The van der Waals surface area contributed by atoms with E-state index in [0.29, 0.717) is 42.4 Å². The van der Waals surface area contributed by atoms with Gasteiger partial charge >= 0.3 is 0 Å². The molecule has 1 aromatic carbocycles. The fourth-order valence-corrected chi connectivity index (χ4v) is 5.26. The van der Waals surface area contributed by atoms with E-state index in [4.69, 9.17) is 14.2 Å². The van der Waals surface area contributed by atoms with Gasteiger partial charge in [-0.1, -0.05) is 12.6 Å². The van der Waals surface area contributed by atoms with E-state index < -0.39 is 5.60 Å². The molecule has 200 valence electrons. The quantitative estimate of drug-likeness (QED) is 0.262. The normalized spacial score (nSPS) is 19.6. The van der Waals surface area contributed by atoms with Crippen molar-refractivity contribution in [1.82, 2.24) is 9.97 Å². The number of fused-ring (bicyclic) bond motifs is 3. The minimum Gasteiger partial charge on any atom is -0.513 e. The summed E-state index contributed by atoms with van der Waals surface area (Å²) in [7, 11) is 0. The molecular weight excluding hydrogens is 487 g/mol. The Kier molecular flexibility index (Phi) is 7.11. The number of aliphatic hydroxyl groups is 2. The standard InChI is InChI=1S/C30H33FN2O5/c1-17-22(6-8-26(33-17)37-10-9-36-16-30(3,4)35)19-5-7-25(31)21(11-19)15-38-27-13-20-12-23-28(18(2)34)29(23)24(20)14-32-27/h5-8,11,13-14,23,28-29,34-35H,2,9-10,12,15-16H2,1,3-4H3/t23-,28-,29+/m0/s1. The zero-order chi connectivity index (χ0) is 27.0. The lowest BCUT2D eigenvalue weighted by atomic mass is 10.0. The highest BCUT2D eigenvalue weighted by atomic mass is 19.1. The second kappa shape index (κ2) is 10.3. The number of halogens is 1. The van der Waals surface area contributed by atoms with E-state index in [1.165, 1.54) is 11.6 Å². The Morgan fingerprint density at radius 1 is 1.13 bits per heavy atom. The topological polar surface area (TPSA) is 93.9 Å². The van der Waals surface area contributed by atoms with Gasteiger partial charge in [-0.3, -0.25) is 0 Å². The summed E-state index contributed by atoms with van der Waals surface area (Å²) in [6.45, 7) is 9.85. The number of allylic oxidation sites excluding steroid dienone is 1. The van der Waals surface area contributed by atoms with Crippen molar-refractivity contribution in [3.05, 3.63) is 83.1 Å². The van der Waals surface area contributed by atoms with Crippen molar-refractivity contribution in [3.63, 3.8) is 0 Å². The van der Waals surface area contributed by atoms with Crippen molar-refractivity contribution in [2.45, 2.75) is 45.3 Å². The first-order valence-corrected chi connectivity index (χ1v) is 12.8. The Balaban J connectivity index is 1.20. The molecular formula is C30H33FN2O5. The van der Waals surface area contributed by atoms with Gasteiger partial charge in [0.25, 0.3) is 0 Å². The molecule has 0 amide bonds. The molecule has 3 aromatic rings. The second-order valence-corrected chi connectivity index (χ2v) is 10.7. The SMILES string of the molecule is C=C(O)[C@H]1[C@@H]2Cc3cc(OCc4cc(-c5ccc(OCCOCC(C)(C)O)nc5C)ccc4F)ncc3[C@@H]21. The van der Waals surface area contributed by atoms with Gasteiger partial charge in [0.05, 0.1) is 24.6 Å². The van der Waals surface area contributed by atoms with Crippen LogP contribution in [0, 0.1) is 24.6 Å². The third-order valence-corrected chi connectivity index (χ3v) is 7.09. The van der Waals surface area contributed by atoms with Gasteiger partial charge < -0.3 is 24.4 Å². The van der Waals surface area contributed by atoms with Gasteiger partial charge in [-0.05, 0) is 73.9 Å². The molecule has 2 heterocycles. The maximum absolute atomic E-state index is 14.6. The third-order valence-electron chi connectivity index (χ3n) is 7.09. The van der Waals surface area contributed by atoms with Crippen LogP contribution in [-0.2, 0) is 17.8 Å². The number of hydrogen-bond donors (Lipinski definition) is 2. The number of nitrogens with zero attached hydrogens (tertiary/aromatic N) is 2. The van der Waals surface area contributed by atoms with Crippen LogP contribution >= 0.6 is 0 Å². The Morgan fingerprint density at radius 2 is 1.95 bits per heavy atom. The van der Waals surface area contributed by atoms with Crippen LogP contribution in [0.15, 0.2) is 54.9 Å². The van der Waals surface area contributed by atoms with E-state index in [1.807, 2.05) is 25.3 Å². The van der Waals surface area contributed by atoms with Gasteiger partial charge in [-0.15, -0.1) is 0 Å². The van der Waals surface area contributed by atoms with Crippen molar-refractivity contribution in [2.75, 3.05) is 19.8 Å². The summed E-state index contributed by atoms with van der Waals surface area (Å²) in [6, 6.07) is 10.5. The minimum atomic E-state index is -0.880. The lowest BCUT2D eigenvalue weighted by molar-refractivity contribution is -0.0273. The van der Waals surface area contributed by atoms with E-state index >= 15 is 0 Å². The smallest absolute Gasteiger partial charge is 0.213 e. The van der Waals surface area contributed by atoms with Gasteiger partial charge in [0, 0.05) is 41.1 Å². The van der Waals surface area contributed by atoms with E-state index in [-0.39, 0.29) is 30.7 Å². The Morgan fingerprint density at radius 3 is 2.68 bits per heavy atom. The van der Waals surface area contributed by atoms with Crippen LogP contribution in [0.2, 0.25) is 0 Å². The van der Waals surface area contributed by atoms with Crippen molar-refractivity contribution in [1.29, 1.82) is 0 Å². The molecule has 5 rings (SSSR count). The van der Waals surface area contributed by atoms with E-state index in [0.717, 1.165) is 28.8 Å². The number of hydrogen-bond acceptors (Lipinski definition) is 7. The van der Waals surface area contributed by atoms with Crippen LogP contribution in [0.4, 0.5) is 4.39 Å². The molecule has 0 aliphatic heterocycles. The number of benzene rings is 1. The average Bonchev–Trinajstić information content (AvgIpc) is 3.45. The highest BCUT2D eigenvalue weighted by Gasteiger charge is 2.57. The molecule has 2 N–H and O–H groups in total. The summed E-state index contributed by atoms with van der Waals surface area (Å²) in [5.41, 5.74) is 4.31. The number of rotatable bonds is 11. The molecule has 0 unspecified atom stereocenters. The lowest BCUT2D eigenvalue weighted by Gasteiger charge is -2.17. The fourth-order valence-electron chi connectivity index (χ4n) is 5.26. The number of aryl methyl sites for hydroxylation is 1. The summed E-state index contributed by atoms with van der Waals surface area (Å²) >= 11 is 0. The molecule has 8 heteroatoms. The summed E-state index contributed by atoms with van der Waals surface area (Å²) in [4.78, 5) is 8.93. The van der Waals surface area contributed by atoms with Crippen molar-refractivity contribution < 1.29 is 28.8 Å². The van der Waals surface area contributed by atoms with E-state index in [9.17, 15) is 14.6 Å². The molecule has 0 radical (unpaired) electrons. The van der Waals surface area contributed by atoms with Crippen molar-refractivity contribution >= 4 is 0 Å². The Labute approximate surface area is 221 Å². The molecule has 0 bridgehead atoms. The Bertz CT molecular complexity index is 1350. The molecule has 1 fully saturated rings. The largest absolute Gasteiger partial charge is 0.513 e. The van der Waals surface area contributed by atoms with Gasteiger partial charge in [0.15, 0.2) is 0 Å². The van der Waals surface area contributed by atoms with Crippen LogP contribution in [0.3, 0.4) is 0 Å². The molecule has 0 spiro atoms. The van der Waals surface area contributed by atoms with Crippen molar-refractivity contribution in [2.24, 2.45) is 11.8 Å². The van der Waals surface area contributed by atoms with Crippen LogP contribution in [0.1, 0.15) is 42.1 Å². The van der Waals surface area contributed by atoms with Gasteiger partial charge in [-0.2, -0.15) is 0 Å². The highest BCUT2D eigenvalue weighted by Crippen LogP contribution is 2.63. The maximum atomic E-state index is 14.6. The second-order valence-electron chi connectivity index (χ2n) is 10.7. The third kappa shape index (κ3) is 5.66. The van der Waals surface area contributed by atoms with Gasteiger partial charge in [-0.25, -0.2) is 14.4 Å². The summed E-state index contributed by atoms with van der Waals surface area (Å²) in [5, 5.41) is 19.4. The summed E-state index contributed by atoms with van der Waals surface area (Å²) in [6.07, 6.45) is 2.68. The highest BCUT2D eigenvalue weighted by molar-refractivity contribution is 5.67. The zero-order valence-corrected chi connectivity index (χ0v) is 21.9. The zero-order valence-electron chi connectivity index (χ0n) is 21.9. The number of pyridine rings is 2. The number of ether oxygens (including phenoxy) is 3. The first-order valence-electron chi connectivity index (χ1n) is 12.8. The Hall–Kier alpha value is -3.49. The summed E-state index contributed by atoms with van der Waals surface area (Å²) < 4.78 is 31.6. The molecule has 2 aliphatic rings. The number of aromatic nitrogens is 2. The first-order chi connectivity index (χ1) is 18.1. The predicted molar refractivity (Wildman–Crippen MR) is 141 cm³/mol.